The van der Waals surface area contributed by atoms with E-state index in [9.17, 15) is 0 Å². The predicted molar refractivity (Wildman–Crippen MR) is 49.2 cm³/mol. The van der Waals surface area contributed by atoms with Gasteiger partial charge in [-0.3, -0.25) is 4.90 Å². The van der Waals surface area contributed by atoms with Crippen molar-refractivity contribution in [3.63, 3.8) is 0 Å². The fourth-order valence-corrected chi connectivity index (χ4v) is 2.90. The molecule has 0 N–H and O–H groups in total. The fourth-order valence-electron chi connectivity index (χ4n) is 2.90. The molecule has 70 valence electrons. The standard InChI is InChI=1S/C10H19NO/c1-8(2)11-9(3)4-5-10(11)6-12-7-10/h8-9H,4-7H2,1-3H3. The van der Waals surface area contributed by atoms with Crippen LogP contribution in [0.3, 0.4) is 0 Å². The molecule has 0 aromatic rings. The molecule has 0 aromatic carbocycles. The van der Waals surface area contributed by atoms with Gasteiger partial charge in [0.05, 0.1) is 18.8 Å². The van der Waals surface area contributed by atoms with Crippen LogP contribution in [0.4, 0.5) is 0 Å². The van der Waals surface area contributed by atoms with E-state index in [1.54, 1.807) is 0 Å². The van der Waals surface area contributed by atoms with E-state index in [2.05, 4.69) is 25.7 Å². The molecule has 0 radical (unpaired) electrons. The van der Waals surface area contributed by atoms with Crippen LogP contribution in [0, 0.1) is 0 Å². The van der Waals surface area contributed by atoms with E-state index in [-0.39, 0.29) is 0 Å². The van der Waals surface area contributed by atoms with Crippen LogP contribution in [0.5, 0.6) is 0 Å². The van der Waals surface area contributed by atoms with Crippen molar-refractivity contribution < 1.29 is 4.74 Å². The molecule has 1 unspecified atom stereocenters. The molecule has 2 aliphatic rings. The molecule has 2 aliphatic heterocycles. The number of hydrogen-bond donors (Lipinski definition) is 0. The summed E-state index contributed by atoms with van der Waals surface area (Å²) in [6.45, 7) is 8.86. The summed E-state index contributed by atoms with van der Waals surface area (Å²) in [5.74, 6) is 0. The topological polar surface area (TPSA) is 12.5 Å². The van der Waals surface area contributed by atoms with Gasteiger partial charge in [0.15, 0.2) is 0 Å². The Morgan fingerprint density at radius 2 is 2.08 bits per heavy atom. The van der Waals surface area contributed by atoms with Gasteiger partial charge in [-0.15, -0.1) is 0 Å². The third-order valence-electron chi connectivity index (χ3n) is 3.35. The van der Waals surface area contributed by atoms with Crippen LogP contribution in [0.25, 0.3) is 0 Å². The van der Waals surface area contributed by atoms with Gasteiger partial charge in [0.1, 0.15) is 0 Å². The molecule has 1 atom stereocenters. The molecular weight excluding hydrogens is 150 g/mol. The molecule has 2 heteroatoms. The Hall–Kier alpha value is -0.0800. The van der Waals surface area contributed by atoms with E-state index in [1.165, 1.54) is 12.8 Å². The zero-order valence-electron chi connectivity index (χ0n) is 8.34. The summed E-state index contributed by atoms with van der Waals surface area (Å²) in [6, 6.07) is 1.43. The predicted octanol–water partition coefficient (Wildman–Crippen LogP) is 1.65. The Kier molecular flexibility index (Phi) is 1.92. The average Bonchev–Trinajstić information content (AvgIpc) is 2.25. The number of nitrogens with zero attached hydrogens (tertiary/aromatic N) is 1. The lowest BCUT2D eigenvalue weighted by Gasteiger charge is -2.48. The summed E-state index contributed by atoms with van der Waals surface area (Å²) < 4.78 is 5.35. The Labute approximate surface area is 74.9 Å². The van der Waals surface area contributed by atoms with Crippen molar-refractivity contribution in [2.75, 3.05) is 13.2 Å². The molecule has 2 rings (SSSR count). The van der Waals surface area contributed by atoms with Crippen molar-refractivity contribution in [1.29, 1.82) is 0 Å². The van der Waals surface area contributed by atoms with E-state index in [0.717, 1.165) is 19.3 Å². The lowest BCUT2D eigenvalue weighted by Crippen LogP contribution is -2.62. The molecule has 2 saturated heterocycles. The Morgan fingerprint density at radius 1 is 1.42 bits per heavy atom. The van der Waals surface area contributed by atoms with Crippen molar-refractivity contribution in [3.05, 3.63) is 0 Å². The minimum atomic E-state index is 0.438. The molecule has 0 amide bonds. The molecule has 0 aromatic heterocycles. The third kappa shape index (κ3) is 1.01. The molecule has 2 nitrogen and oxygen atoms in total. The van der Waals surface area contributed by atoms with Gasteiger partial charge in [0.25, 0.3) is 0 Å². The minimum absolute atomic E-state index is 0.438. The van der Waals surface area contributed by atoms with E-state index in [0.29, 0.717) is 11.6 Å². The lowest BCUT2D eigenvalue weighted by atomic mass is 9.93. The van der Waals surface area contributed by atoms with Gasteiger partial charge in [0.2, 0.25) is 0 Å². The number of likely N-dealkylation sites (tertiary alicyclic amines) is 1. The highest BCUT2D eigenvalue weighted by Crippen LogP contribution is 2.40. The first kappa shape index (κ1) is 8.52. The first-order valence-corrected chi connectivity index (χ1v) is 5.02. The summed E-state index contributed by atoms with van der Waals surface area (Å²) in [6.07, 6.45) is 2.69. The van der Waals surface area contributed by atoms with Gasteiger partial charge in [-0.2, -0.15) is 0 Å². The molecule has 0 saturated carbocycles. The van der Waals surface area contributed by atoms with Crippen LogP contribution >= 0.6 is 0 Å². The van der Waals surface area contributed by atoms with Gasteiger partial charge in [0, 0.05) is 12.1 Å². The first-order chi connectivity index (χ1) is 5.66. The maximum absolute atomic E-state index is 5.35. The SMILES string of the molecule is CC(C)N1C(C)CCC12COC2. The maximum Gasteiger partial charge on any atom is 0.0683 e. The highest BCUT2D eigenvalue weighted by molar-refractivity contribution is 5.04. The van der Waals surface area contributed by atoms with Gasteiger partial charge in [-0.25, -0.2) is 0 Å². The Bertz CT molecular complexity index is 175. The minimum Gasteiger partial charge on any atom is -0.377 e. The molecular formula is C10H19NO. The van der Waals surface area contributed by atoms with Crippen LogP contribution in [-0.2, 0) is 4.74 Å². The summed E-state index contributed by atoms with van der Waals surface area (Å²) in [5.41, 5.74) is 0.438. The van der Waals surface area contributed by atoms with Crippen molar-refractivity contribution in [3.8, 4) is 0 Å². The first-order valence-electron chi connectivity index (χ1n) is 5.02. The van der Waals surface area contributed by atoms with Crippen LogP contribution in [0.1, 0.15) is 33.6 Å². The second-order valence-electron chi connectivity index (χ2n) is 4.61. The van der Waals surface area contributed by atoms with Crippen molar-refractivity contribution >= 4 is 0 Å². The normalized spacial score (nSPS) is 34.5. The Balaban J connectivity index is 2.14. The average molecular weight is 169 g/mol. The smallest absolute Gasteiger partial charge is 0.0683 e. The van der Waals surface area contributed by atoms with Crippen LogP contribution in [-0.4, -0.2) is 35.7 Å². The van der Waals surface area contributed by atoms with E-state index < -0.39 is 0 Å². The second-order valence-corrected chi connectivity index (χ2v) is 4.61. The molecule has 2 heterocycles. The van der Waals surface area contributed by atoms with Gasteiger partial charge in [-0.05, 0) is 33.6 Å². The van der Waals surface area contributed by atoms with E-state index in [4.69, 9.17) is 4.74 Å². The van der Waals surface area contributed by atoms with Crippen LogP contribution < -0.4 is 0 Å². The van der Waals surface area contributed by atoms with Crippen LogP contribution in [0.2, 0.25) is 0 Å². The van der Waals surface area contributed by atoms with Crippen molar-refractivity contribution in [2.45, 2.75) is 51.2 Å². The van der Waals surface area contributed by atoms with Crippen LogP contribution in [0.15, 0.2) is 0 Å². The number of ether oxygens (including phenoxy) is 1. The molecule has 0 bridgehead atoms. The van der Waals surface area contributed by atoms with Crippen molar-refractivity contribution in [2.24, 2.45) is 0 Å². The summed E-state index contributed by atoms with van der Waals surface area (Å²) in [5, 5.41) is 0. The largest absolute Gasteiger partial charge is 0.377 e. The third-order valence-corrected chi connectivity index (χ3v) is 3.35. The quantitative estimate of drug-likeness (QED) is 0.592. The van der Waals surface area contributed by atoms with Gasteiger partial charge >= 0.3 is 0 Å². The molecule has 2 fully saturated rings. The Morgan fingerprint density at radius 3 is 2.42 bits per heavy atom. The molecule has 1 spiro atoms. The maximum atomic E-state index is 5.35. The monoisotopic (exact) mass is 169 g/mol. The van der Waals surface area contributed by atoms with Gasteiger partial charge in [-0.1, -0.05) is 0 Å². The lowest BCUT2D eigenvalue weighted by molar-refractivity contribution is -0.139. The molecule has 0 aliphatic carbocycles. The van der Waals surface area contributed by atoms with E-state index in [1.807, 2.05) is 0 Å². The second kappa shape index (κ2) is 2.71. The van der Waals surface area contributed by atoms with Crippen molar-refractivity contribution in [1.82, 2.24) is 4.90 Å². The summed E-state index contributed by atoms with van der Waals surface area (Å²) >= 11 is 0. The van der Waals surface area contributed by atoms with Gasteiger partial charge < -0.3 is 4.74 Å². The molecule has 12 heavy (non-hydrogen) atoms. The summed E-state index contributed by atoms with van der Waals surface area (Å²) in [4.78, 5) is 2.65. The van der Waals surface area contributed by atoms with E-state index >= 15 is 0 Å². The highest BCUT2D eigenvalue weighted by Gasteiger charge is 2.50. The number of rotatable bonds is 1. The zero-order valence-corrected chi connectivity index (χ0v) is 8.34. The zero-order chi connectivity index (χ0) is 8.77. The fraction of sp³-hybridized carbons (Fsp3) is 1.00. The highest BCUT2D eigenvalue weighted by atomic mass is 16.5. The summed E-state index contributed by atoms with van der Waals surface area (Å²) in [7, 11) is 0. The number of hydrogen-bond acceptors (Lipinski definition) is 2.